The van der Waals surface area contributed by atoms with Gasteiger partial charge in [-0.2, -0.15) is 0 Å². The van der Waals surface area contributed by atoms with Gasteiger partial charge in [0, 0.05) is 23.7 Å². The van der Waals surface area contributed by atoms with Gasteiger partial charge in [-0.3, -0.25) is 0 Å². The van der Waals surface area contributed by atoms with Gasteiger partial charge < -0.3 is 5.73 Å². The molecule has 0 fully saturated rings. The van der Waals surface area contributed by atoms with Crippen LogP contribution in [0.25, 0.3) is 0 Å². The summed E-state index contributed by atoms with van der Waals surface area (Å²) < 4.78 is 65.6. The molecule has 0 atom stereocenters. The summed E-state index contributed by atoms with van der Waals surface area (Å²) in [7, 11) is 0. The molecule has 0 saturated heterocycles. The van der Waals surface area contributed by atoms with Crippen LogP contribution in [0.5, 0.6) is 0 Å². The van der Waals surface area contributed by atoms with Gasteiger partial charge in [0.05, 0.1) is 0 Å². The summed E-state index contributed by atoms with van der Waals surface area (Å²) in [5.74, 6) is -10.4. The number of rotatable bonds is 3. The number of hydrogen-bond donors (Lipinski definition) is 1. The topological polar surface area (TPSA) is 51.8 Å². The van der Waals surface area contributed by atoms with Crippen molar-refractivity contribution in [2.75, 3.05) is 5.73 Å². The van der Waals surface area contributed by atoms with Crippen LogP contribution in [0.3, 0.4) is 0 Å². The molecule has 3 nitrogen and oxygen atoms in total. The van der Waals surface area contributed by atoms with Gasteiger partial charge in [0.1, 0.15) is 5.03 Å². The Morgan fingerprint density at radius 1 is 0.850 bits per heavy atom. The van der Waals surface area contributed by atoms with Gasteiger partial charge in [-0.05, 0) is 0 Å². The molecular weight excluding hydrogens is 301 g/mol. The summed E-state index contributed by atoms with van der Waals surface area (Å²) in [6.07, 6.45) is 2.59. The second-order valence-corrected chi connectivity index (χ2v) is 4.55. The van der Waals surface area contributed by atoms with Crippen molar-refractivity contribution >= 4 is 17.6 Å². The lowest BCUT2D eigenvalue weighted by molar-refractivity contribution is 0.372. The zero-order chi connectivity index (χ0) is 14.9. The minimum absolute atomic E-state index is 0.00127. The molecule has 0 spiro atoms. The van der Waals surface area contributed by atoms with E-state index in [9.17, 15) is 22.0 Å². The standard InChI is InChI=1S/C11H6F5N3S/c12-5-4(6(13)8(15)9(16)7(5)14)3-20-11-10(17)18-1-2-19-11/h1-2H,3H2,(H2,17,18). The van der Waals surface area contributed by atoms with Crippen LogP contribution in [0.15, 0.2) is 17.4 Å². The molecule has 2 aromatic rings. The largest absolute Gasteiger partial charge is 0.381 e. The Balaban J connectivity index is 2.33. The van der Waals surface area contributed by atoms with E-state index in [-0.39, 0.29) is 10.8 Å². The van der Waals surface area contributed by atoms with Gasteiger partial charge in [0.15, 0.2) is 29.1 Å². The minimum Gasteiger partial charge on any atom is -0.381 e. The Labute approximate surface area is 114 Å². The lowest BCUT2D eigenvalue weighted by atomic mass is 10.2. The van der Waals surface area contributed by atoms with E-state index in [0.717, 1.165) is 11.8 Å². The molecular formula is C11H6F5N3S. The summed E-state index contributed by atoms with van der Waals surface area (Å²) in [4.78, 5) is 7.47. The number of halogens is 5. The molecule has 20 heavy (non-hydrogen) atoms. The predicted octanol–water partition coefficient (Wildman–Crippen LogP) is 3.05. The molecule has 2 rings (SSSR count). The van der Waals surface area contributed by atoms with Crippen molar-refractivity contribution in [1.82, 2.24) is 9.97 Å². The molecule has 0 bridgehead atoms. The molecule has 0 saturated carbocycles. The fraction of sp³-hybridized carbons (Fsp3) is 0.0909. The van der Waals surface area contributed by atoms with Crippen LogP contribution in [0.2, 0.25) is 0 Å². The highest BCUT2D eigenvalue weighted by atomic mass is 32.2. The molecule has 0 unspecified atom stereocenters. The van der Waals surface area contributed by atoms with Crippen LogP contribution in [0, 0.1) is 29.1 Å². The van der Waals surface area contributed by atoms with Gasteiger partial charge >= 0.3 is 0 Å². The van der Waals surface area contributed by atoms with Crippen molar-refractivity contribution in [3.05, 3.63) is 47.0 Å². The molecule has 0 aliphatic heterocycles. The maximum atomic E-state index is 13.4. The minimum atomic E-state index is -2.19. The summed E-state index contributed by atoms with van der Waals surface area (Å²) >= 11 is 0.717. The summed E-state index contributed by atoms with van der Waals surface area (Å²) in [5, 5.41) is 0.136. The fourth-order valence-corrected chi connectivity index (χ4v) is 2.24. The van der Waals surface area contributed by atoms with Gasteiger partial charge in [0.25, 0.3) is 0 Å². The van der Waals surface area contributed by atoms with E-state index in [1.54, 1.807) is 0 Å². The lowest BCUT2D eigenvalue weighted by Gasteiger charge is -2.08. The maximum absolute atomic E-state index is 13.4. The number of nitrogens with two attached hydrogens (primary N) is 1. The van der Waals surface area contributed by atoms with Crippen LogP contribution >= 0.6 is 11.8 Å². The fourth-order valence-electron chi connectivity index (χ4n) is 1.36. The van der Waals surface area contributed by atoms with Gasteiger partial charge in [0.2, 0.25) is 5.82 Å². The SMILES string of the molecule is Nc1nccnc1SCc1c(F)c(F)c(F)c(F)c1F. The molecule has 1 aromatic carbocycles. The van der Waals surface area contributed by atoms with E-state index in [2.05, 4.69) is 9.97 Å². The highest BCUT2D eigenvalue weighted by Gasteiger charge is 2.25. The van der Waals surface area contributed by atoms with Crippen LogP contribution in [0.1, 0.15) is 5.56 Å². The van der Waals surface area contributed by atoms with Crippen molar-refractivity contribution in [1.29, 1.82) is 0 Å². The van der Waals surface area contributed by atoms with Crippen molar-refractivity contribution < 1.29 is 22.0 Å². The highest BCUT2D eigenvalue weighted by molar-refractivity contribution is 7.98. The van der Waals surface area contributed by atoms with Gasteiger partial charge in [-0.1, -0.05) is 11.8 Å². The van der Waals surface area contributed by atoms with Crippen molar-refractivity contribution in [2.45, 2.75) is 10.8 Å². The van der Waals surface area contributed by atoms with Crippen molar-refractivity contribution in [3.63, 3.8) is 0 Å². The highest BCUT2D eigenvalue weighted by Crippen LogP contribution is 2.30. The quantitative estimate of drug-likeness (QED) is 0.410. The van der Waals surface area contributed by atoms with E-state index in [1.165, 1.54) is 12.4 Å². The van der Waals surface area contributed by atoms with E-state index >= 15 is 0 Å². The number of nitrogens with zero attached hydrogens (tertiary/aromatic N) is 2. The molecule has 9 heteroatoms. The average Bonchev–Trinajstić information content (AvgIpc) is 2.45. The molecule has 2 N–H and O–H groups in total. The number of nitrogen functional groups attached to an aromatic ring is 1. The zero-order valence-electron chi connectivity index (χ0n) is 9.63. The van der Waals surface area contributed by atoms with E-state index in [0.29, 0.717) is 0 Å². The number of benzene rings is 1. The first-order valence-electron chi connectivity index (χ1n) is 5.13. The van der Waals surface area contributed by atoms with E-state index in [4.69, 9.17) is 5.73 Å². The Hall–Kier alpha value is -1.90. The molecule has 0 aliphatic carbocycles. The molecule has 0 amide bonds. The van der Waals surface area contributed by atoms with E-state index < -0.39 is 40.4 Å². The summed E-state index contributed by atoms with van der Waals surface area (Å²) in [6, 6.07) is 0. The van der Waals surface area contributed by atoms with Crippen LogP contribution in [-0.4, -0.2) is 9.97 Å². The zero-order valence-corrected chi connectivity index (χ0v) is 10.4. The maximum Gasteiger partial charge on any atom is 0.200 e. The Bertz CT molecular complexity index is 636. The molecule has 0 radical (unpaired) electrons. The third-order valence-electron chi connectivity index (χ3n) is 2.35. The Morgan fingerprint density at radius 3 is 1.90 bits per heavy atom. The summed E-state index contributed by atoms with van der Waals surface area (Å²) in [5.41, 5.74) is 4.52. The van der Waals surface area contributed by atoms with Gasteiger partial charge in [-0.15, -0.1) is 0 Å². The Kier molecular flexibility index (Phi) is 4.07. The van der Waals surface area contributed by atoms with Crippen molar-refractivity contribution in [2.24, 2.45) is 0 Å². The predicted molar refractivity (Wildman–Crippen MR) is 62.2 cm³/mol. The van der Waals surface area contributed by atoms with Crippen LogP contribution < -0.4 is 5.73 Å². The second-order valence-electron chi connectivity index (χ2n) is 3.58. The third-order valence-corrected chi connectivity index (χ3v) is 3.37. The van der Waals surface area contributed by atoms with Crippen LogP contribution in [-0.2, 0) is 5.75 Å². The first-order chi connectivity index (χ1) is 9.43. The first kappa shape index (κ1) is 14.5. The second kappa shape index (κ2) is 5.61. The molecule has 106 valence electrons. The van der Waals surface area contributed by atoms with E-state index in [1.807, 2.05) is 0 Å². The number of hydrogen-bond acceptors (Lipinski definition) is 4. The third kappa shape index (κ3) is 2.53. The number of aromatic nitrogens is 2. The van der Waals surface area contributed by atoms with Gasteiger partial charge in [-0.25, -0.2) is 31.9 Å². The molecule has 1 aromatic heterocycles. The first-order valence-corrected chi connectivity index (χ1v) is 6.11. The lowest BCUT2D eigenvalue weighted by Crippen LogP contribution is -2.06. The smallest absolute Gasteiger partial charge is 0.200 e. The summed E-state index contributed by atoms with van der Waals surface area (Å²) in [6.45, 7) is 0. The van der Waals surface area contributed by atoms with Crippen molar-refractivity contribution in [3.8, 4) is 0 Å². The average molecular weight is 307 g/mol. The number of thioether (sulfide) groups is 1. The molecule has 0 aliphatic rings. The molecule has 1 heterocycles. The Morgan fingerprint density at radius 2 is 1.35 bits per heavy atom. The monoisotopic (exact) mass is 307 g/mol. The normalized spacial score (nSPS) is 10.8. The number of anilines is 1. The van der Waals surface area contributed by atoms with Crippen LogP contribution in [0.4, 0.5) is 27.8 Å².